The van der Waals surface area contributed by atoms with Crippen LogP contribution in [0.1, 0.15) is 32.1 Å². The van der Waals surface area contributed by atoms with Crippen LogP contribution in [-0.4, -0.2) is 11.1 Å². The van der Waals surface area contributed by atoms with Gasteiger partial charge in [-0.1, -0.05) is 6.42 Å². The van der Waals surface area contributed by atoms with Gasteiger partial charge in [-0.15, -0.1) is 0 Å². The monoisotopic (exact) mass is 180 g/mol. The minimum atomic E-state index is -0.530. The highest BCUT2D eigenvalue weighted by molar-refractivity contribution is 5.71. The minimum Gasteiger partial charge on any atom is -0.481 e. The van der Waals surface area contributed by atoms with Crippen LogP contribution in [0.4, 0.5) is 0 Å². The molecular formula is C11H16O2. The molecule has 13 heavy (non-hydrogen) atoms. The number of aliphatic carboxylic acids is 1. The van der Waals surface area contributed by atoms with Gasteiger partial charge in [-0.05, 0) is 49.4 Å². The third-order valence-electron chi connectivity index (χ3n) is 4.75. The molecule has 3 aliphatic carbocycles. The van der Waals surface area contributed by atoms with E-state index in [1.807, 2.05) is 0 Å². The standard InChI is InChI=1S/C11H16O2/c12-11(13)10-5-6-4-9(10)8-3-1-2-7(6)8/h6-10H,1-5H2,(H,12,13). The summed E-state index contributed by atoms with van der Waals surface area (Å²) in [5, 5.41) is 9.06. The normalized spacial score (nSPS) is 52.5. The van der Waals surface area contributed by atoms with E-state index in [1.165, 1.54) is 25.7 Å². The summed E-state index contributed by atoms with van der Waals surface area (Å²) in [5.41, 5.74) is 0. The average molecular weight is 180 g/mol. The molecule has 1 N–H and O–H groups in total. The SMILES string of the molecule is O=C(O)C1CC2CC1C1CCCC21. The maximum Gasteiger partial charge on any atom is 0.306 e. The molecule has 0 radical (unpaired) electrons. The molecule has 0 aromatic carbocycles. The first-order valence-electron chi connectivity index (χ1n) is 5.50. The van der Waals surface area contributed by atoms with Crippen molar-refractivity contribution in [1.29, 1.82) is 0 Å². The van der Waals surface area contributed by atoms with Crippen molar-refractivity contribution in [3.8, 4) is 0 Å². The number of carboxylic acids is 1. The molecule has 3 rings (SSSR count). The van der Waals surface area contributed by atoms with Crippen LogP contribution in [0, 0.1) is 29.6 Å². The molecule has 0 saturated heterocycles. The molecule has 5 atom stereocenters. The zero-order chi connectivity index (χ0) is 9.00. The van der Waals surface area contributed by atoms with E-state index in [9.17, 15) is 4.79 Å². The Kier molecular flexibility index (Phi) is 1.50. The minimum absolute atomic E-state index is 0.0179. The Bertz CT molecular complexity index is 248. The number of hydrogen-bond acceptors (Lipinski definition) is 1. The summed E-state index contributed by atoms with van der Waals surface area (Å²) in [4.78, 5) is 11.0. The average Bonchev–Trinajstić information content (AvgIpc) is 2.75. The number of carboxylic acid groups (broad SMARTS) is 1. The fourth-order valence-corrected chi connectivity index (χ4v) is 4.35. The van der Waals surface area contributed by atoms with E-state index in [0.717, 1.165) is 24.2 Å². The lowest BCUT2D eigenvalue weighted by molar-refractivity contribution is -0.144. The second-order valence-corrected chi connectivity index (χ2v) is 5.10. The third-order valence-corrected chi connectivity index (χ3v) is 4.75. The first-order valence-corrected chi connectivity index (χ1v) is 5.50. The topological polar surface area (TPSA) is 37.3 Å². The Morgan fingerprint density at radius 3 is 2.62 bits per heavy atom. The highest BCUT2D eigenvalue weighted by Crippen LogP contribution is 2.60. The second-order valence-electron chi connectivity index (χ2n) is 5.10. The fourth-order valence-electron chi connectivity index (χ4n) is 4.35. The summed E-state index contributed by atoms with van der Waals surface area (Å²) >= 11 is 0. The van der Waals surface area contributed by atoms with Crippen molar-refractivity contribution in [2.24, 2.45) is 29.6 Å². The molecule has 0 aliphatic heterocycles. The van der Waals surface area contributed by atoms with Crippen molar-refractivity contribution >= 4 is 5.97 Å². The molecule has 2 heteroatoms. The molecule has 0 aromatic rings. The van der Waals surface area contributed by atoms with Crippen LogP contribution >= 0.6 is 0 Å². The summed E-state index contributed by atoms with van der Waals surface area (Å²) < 4.78 is 0. The Labute approximate surface area is 78.3 Å². The molecule has 5 unspecified atom stereocenters. The van der Waals surface area contributed by atoms with Crippen LogP contribution in [0.5, 0.6) is 0 Å². The van der Waals surface area contributed by atoms with Crippen molar-refractivity contribution in [3.63, 3.8) is 0 Å². The highest BCUT2D eigenvalue weighted by atomic mass is 16.4. The summed E-state index contributed by atoms with van der Waals surface area (Å²) in [7, 11) is 0. The fraction of sp³-hybridized carbons (Fsp3) is 0.909. The molecule has 72 valence electrons. The lowest BCUT2D eigenvalue weighted by atomic mass is 9.76. The van der Waals surface area contributed by atoms with Crippen molar-refractivity contribution in [2.45, 2.75) is 32.1 Å². The number of fused-ring (bicyclic) bond motifs is 5. The molecule has 3 fully saturated rings. The zero-order valence-corrected chi connectivity index (χ0v) is 7.78. The molecule has 2 nitrogen and oxygen atoms in total. The first kappa shape index (κ1) is 7.84. The van der Waals surface area contributed by atoms with Gasteiger partial charge in [-0.25, -0.2) is 0 Å². The quantitative estimate of drug-likeness (QED) is 0.671. The predicted molar refractivity (Wildman–Crippen MR) is 48.2 cm³/mol. The predicted octanol–water partition coefficient (Wildman–Crippen LogP) is 2.14. The summed E-state index contributed by atoms with van der Waals surface area (Å²) in [6.07, 6.45) is 6.27. The highest BCUT2D eigenvalue weighted by Gasteiger charge is 2.55. The lowest BCUT2D eigenvalue weighted by Gasteiger charge is -2.28. The second kappa shape index (κ2) is 2.49. The zero-order valence-electron chi connectivity index (χ0n) is 7.78. The maximum absolute atomic E-state index is 11.0. The Morgan fingerprint density at radius 1 is 1.08 bits per heavy atom. The molecule has 3 saturated carbocycles. The molecule has 0 amide bonds. The van der Waals surface area contributed by atoms with Crippen molar-refractivity contribution in [2.75, 3.05) is 0 Å². The van der Waals surface area contributed by atoms with Gasteiger partial charge in [0.25, 0.3) is 0 Å². The van der Waals surface area contributed by atoms with Crippen LogP contribution in [0.3, 0.4) is 0 Å². The molecule has 0 spiro atoms. The molecule has 2 bridgehead atoms. The van der Waals surface area contributed by atoms with E-state index in [-0.39, 0.29) is 5.92 Å². The van der Waals surface area contributed by atoms with Crippen LogP contribution in [0.15, 0.2) is 0 Å². The molecule has 0 aromatic heterocycles. The van der Waals surface area contributed by atoms with Crippen molar-refractivity contribution in [1.82, 2.24) is 0 Å². The number of hydrogen-bond donors (Lipinski definition) is 1. The van der Waals surface area contributed by atoms with Gasteiger partial charge in [0.15, 0.2) is 0 Å². The van der Waals surface area contributed by atoms with Gasteiger partial charge in [-0.3, -0.25) is 4.79 Å². The van der Waals surface area contributed by atoms with Crippen LogP contribution < -0.4 is 0 Å². The number of carbonyl (C=O) groups is 1. The van der Waals surface area contributed by atoms with Gasteiger partial charge < -0.3 is 5.11 Å². The van der Waals surface area contributed by atoms with Gasteiger partial charge in [0.05, 0.1) is 5.92 Å². The van der Waals surface area contributed by atoms with Crippen LogP contribution in [0.25, 0.3) is 0 Å². The van der Waals surface area contributed by atoms with Crippen LogP contribution in [0.2, 0.25) is 0 Å². The van der Waals surface area contributed by atoms with Gasteiger partial charge in [0.1, 0.15) is 0 Å². The van der Waals surface area contributed by atoms with E-state index in [1.54, 1.807) is 0 Å². The number of rotatable bonds is 1. The molecular weight excluding hydrogens is 164 g/mol. The molecule has 0 heterocycles. The lowest BCUT2D eigenvalue weighted by Crippen LogP contribution is -2.29. The van der Waals surface area contributed by atoms with Gasteiger partial charge >= 0.3 is 5.97 Å². The van der Waals surface area contributed by atoms with E-state index in [4.69, 9.17) is 5.11 Å². The van der Waals surface area contributed by atoms with E-state index < -0.39 is 5.97 Å². The summed E-state index contributed by atoms with van der Waals surface area (Å²) in [6.45, 7) is 0. The largest absolute Gasteiger partial charge is 0.481 e. The van der Waals surface area contributed by atoms with E-state index in [2.05, 4.69) is 0 Å². The Balaban J connectivity index is 1.85. The van der Waals surface area contributed by atoms with E-state index in [0.29, 0.717) is 5.92 Å². The Morgan fingerprint density at radius 2 is 1.85 bits per heavy atom. The maximum atomic E-state index is 11.0. The molecule has 3 aliphatic rings. The summed E-state index contributed by atoms with van der Waals surface area (Å²) in [5.74, 6) is 2.52. The van der Waals surface area contributed by atoms with Crippen molar-refractivity contribution in [3.05, 3.63) is 0 Å². The third kappa shape index (κ3) is 0.918. The Hall–Kier alpha value is -0.530. The van der Waals surface area contributed by atoms with E-state index >= 15 is 0 Å². The van der Waals surface area contributed by atoms with Gasteiger partial charge in [0.2, 0.25) is 0 Å². The summed E-state index contributed by atoms with van der Waals surface area (Å²) in [6, 6.07) is 0. The van der Waals surface area contributed by atoms with Gasteiger partial charge in [0, 0.05) is 0 Å². The van der Waals surface area contributed by atoms with Gasteiger partial charge in [-0.2, -0.15) is 0 Å². The van der Waals surface area contributed by atoms with Crippen LogP contribution in [-0.2, 0) is 4.79 Å². The first-order chi connectivity index (χ1) is 6.27. The van der Waals surface area contributed by atoms with Crippen molar-refractivity contribution < 1.29 is 9.90 Å². The smallest absolute Gasteiger partial charge is 0.306 e.